The molecule has 0 saturated carbocycles. The molecule has 0 spiro atoms. The van der Waals surface area contributed by atoms with Crippen molar-refractivity contribution in [1.29, 1.82) is 0 Å². The van der Waals surface area contributed by atoms with Crippen LogP contribution in [0.3, 0.4) is 0 Å². The van der Waals surface area contributed by atoms with Crippen LogP contribution < -0.4 is 5.32 Å². The second kappa shape index (κ2) is 6.78. The van der Waals surface area contributed by atoms with Gasteiger partial charge < -0.3 is 5.32 Å². The number of thioether (sulfide) groups is 1. The summed E-state index contributed by atoms with van der Waals surface area (Å²) in [5.41, 5.74) is 1.54. The smallest absolute Gasteiger partial charge is 0.0299 e. The van der Waals surface area contributed by atoms with Gasteiger partial charge in [0.15, 0.2) is 0 Å². The van der Waals surface area contributed by atoms with E-state index in [4.69, 9.17) is 0 Å². The maximum Gasteiger partial charge on any atom is 0.0299 e. The van der Waals surface area contributed by atoms with Crippen molar-refractivity contribution in [2.45, 2.75) is 26.9 Å². The molecular weight excluding hydrogens is 248 g/mol. The summed E-state index contributed by atoms with van der Waals surface area (Å²) in [6, 6.07) is 2.39. The lowest BCUT2D eigenvalue weighted by Crippen LogP contribution is -2.31. The Morgan fingerprint density at radius 1 is 1.35 bits per heavy atom. The quantitative estimate of drug-likeness (QED) is 0.885. The number of rotatable bonds is 5. The highest BCUT2D eigenvalue weighted by Gasteiger charge is 2.13. The second-order valence-corrected chi connectivity index (χ2v) is 7.03. The molecule has 0 aromatic carbocycles. The largest absolute Gasteiger partial charge is 0.312 e. The highest BCUT2D eigenvalue weighted by molar-refractivity contribution is 7.99. The minimum Gasteiger partial charge on any atom is -0.312 e. The van der Waals surface area contributed by atoms with Crippen molar-refractivity contribution < 1.29 is 0 Å². The summed E-state index contributed by atoms with van der Waals surface area (Å²) in [4.78, 5) is 5.56. The molecule has 0 bridgehead atoms. The molecule has 1 N–H and O–H groups in total. The Morgan fingerprint density at radius 3 is 2.82 bits per heavy atom. The second-order valence-electron chi connectivity index (χ2n) is 4.46. The number of thiophene rings is 1. The van der Waals surface area contributed by atoms with Gasteiger partial charge in [0.1, 0.15) is 0 Å². The van der Waals surface area contributed by atoms with Gasteiger partial charge in [-0.05, 0) is 25.1 Å². The fourth-order valence-electron chi connectivity index (χ4n) is 2.08. The Balaban J connectivity index is 1.92. The van der Waals surface area contributed by atoms with E-state index in [1.807, 2.05) is 11.3 Å². The molecule has 2 nitrogen and oxygen atoms in total. The van der Waals surface area contributed by atoms with Crippen LogP contribution in [0.2, 0.25) is 0 Å². The summed E-state index contributed by atoms with van der Waals surface area (Å²) < 4.78 is 0. The minimum atomic E-state index is 1.03. The van der Waals surface area contributed by atoms with Gasteiger partial charge in [-0.2, -0.15) is 11.8 Å². The molecule has 96 valence electrons. The summed E-state index contributed by atoms with van der Waals surface area (Å²) in [5.74, 6) is 2.60. The van der Waals surface area contributed by atoms with E-state index >= 15 is 0 Å². The van der Waals surface area contributed by atoms with Crippen LogP contribution in [0.1, 0.15) is 22.2 Å². The SMILES string of the molecule is CCNCc1cc(CN2CCSCC2)c(C)s1. The molecule has 1 fully saturated rings. The van der Waals surface area contributed by atoms with Crippen molar-refractivity contribution in [2.24, 2.45) is 0 Å². The third-order valence-corrected chi connectivity index (χ3v) is 5.15. The molecule has 2 rings (SSSR count). The Labute approximate surface area is 113 Å². The zero-order chi connectivity index (χ0) is 12.1. The average molecular weight is 270 g/mol. The van der Waals surface area contributed by atoms with Gasteiger partial charge in [-0.15, -0.1) is 11.3 Å². The predicted octanol–water partition coefficient (Wildman–Crippen LogP) is 2.71. The normalized spacial score (nSPS) is 17.5. The first kappa shape index (κ1) is 13.4. The maximum atomic E-state index is 3.40. The molecule has 1 aliphatic rings. The molecule has 1 saturated heterocycles. The first-order valence-corrected chi connectivity index (χ1v) is 8.35. The van der Waals surface area contributed by atoms with Gasteiger partial charge in [0.2, 0.25) is 0 Å². The van der Waals surface area contributed by atoms with Crippen LogP contribution >= 0.6 is 23.1 Å². The Morgan fingerprint density at radius 2 is 2.12 bits per heavy atom. The van der Waals surface area contributed by atoms with Crippen LogP contribution in [-0.2, 0) is 13.1 Å². The zero-order valence-electron chi connectivity index (χ0n) is 10.8. The van der Waals surface area contributed by atoms with E-state index in [1.165, 1.54) is 39.9 Å². The topological polar surface area (TPSA) is 15.3 Å². The molecule has 0 unspecified atom stereocenters. The molecule has 4 heteroatoms. The first-order valence-electron chi connectivity index (χ1n) is 6.38. The molecule has 1 aromatic rings. The number of nitrogens with zero attached hydrogens (tertiary/aromatic N) is 1. The molecule has 1 aliphatic heterocycles. The number of aryl methyl sites for hydroxylation is 1. The van der Waals surface area contributed by atoms with E-state index in [-0.39, 0.29) is 0 Å². The van der Waals surface area contributed by atoms with E-state index < -0.39 is 0 Å². The van der Waals surface area contributed by atoms with Crippen molar-refractivity contribution in [3.05, 3.63) is 21.4 Å². The monoisotopic (exact) mass is 270 g/mol. The lowest BCUT2D eigenvalue weighted by molar-refractivity contribution is 0.294. The van der Waals surface area contributed by atoms with Gasteiger partial charge in [-0.1, -0.05) is 6.92 Å². The zero-order valence-corrected chi connectivity index (χ0v) is 12.4. The van der Waals surface area contributed by atoms with Crippen molar-refractivity contribution in [1.82, 2.24) is 10.2 Å². The lowest BCUT2D eigenvalue weighted by atomic mass is 10.2. The molecular formula is C13H22N2S2. The molecule has 0 radical (unpaired) electrons. The van der Waals surface area contributed by atoms with Crippen LogP contribution in [0.5, 0.6) is 0 Å². The summed E-state index contributed by atoms with van der Waals surface area (Å²) in [6.45, 7) is 10.1. The molecule has 17 heavy (non-hydrogen) atoms. The van der Waals surface area contributed by atoms with Crippen molar-refractivity contribution in [2.75, 3.05) is 31.1 Å². The van der Waals surface area contributed by atoms with Crippen LogP contribution in [0.4, 0.5) is 0 Å². The molecule has 2 heterocycles. The third-order valence-electron chi connectivity index (χ3n) is 3.12. The summed E-state index contributed by atoms with van der Waals surface area (Å²) in [7, 11) is 0. The molecule has 1 aromatic heterocycles. The Hall–Kier alpha value is -0.0300. The average Bonchev–Trinajstić information content (AvgIpc) is 2.69. The molecule has 0 aliphatic carbocycles. The number of nitrogens with one attached hydrogen (secondary N) is 1. The highest BCUT2D eigenvalue weighted by atomic mass is 32.2. The van der Waals surface area contributed by atoms with Gasteiger partial charge in [-0.25, -0.2) is 0 Å². The van der Waals surface area contributed by atoms with Crippen LogP contribution in [0.15, 0.2) is 6.07 Å². The maximum absolute atomic E-state index is 3.40. The van der Waals surface area contributed by atoms with Crippen LogP contribution in [0, 0.1) is 6.92 Å². The Kier molecular flexibility index (Phi) is 5.35. The predicted molar refractivity (Wildman–Crippen MR) is 79.0 cm³/mol. The van der Waals surface area contributed by atoms with E-state index in [2.05, 4.69) is 41.9 Å². The summed E-state index contributed by atoms with van der Waals surface area (Å²) >= 11 is 4.03. The summed E-state index contributed by atoms with van der Waals surface area (Å²) in [5, 5.41) is 3.40. The van der Waals surface area contributed by atoms with Crippen LogP contribution in [-0.4, -0.2) is 36.0 Å². The van der Waals surface area contributed by atoms with Gasteiger partial charge in [0.05, 0.1) is 0 Å². The molecule has 0 amide bonds. The van der Waals surface area contributed by atoms with E-state index in [0.29, 0.717) is 0 Å². The third kappa shape index (κ3) is 3.98. The van der Waals surface area contributed by atoms with E-state index in [1.54, 1.807) is 0 Å². The van der Waals surface area contributed by atoms with Crippen LogP contribution in [0.25, 0.3) is 0 Å². The first-order chi connectivity index (χ1) is 8.29. The van der Waals surface area contributed by atoms with E-state index in [9.17, 15) is 0 Å². The summed E-state index contributed by atoms with van der Waals surface area (Å²) in [6.07, 6.45) is 0. The minimum absolute atomic E-state index is 1.03. The van der Waals surface area contributed by atoms with Gasteiger partial charge in [-0.3, -0.25) is 4.90 Å². The lowest BCUT2D eigenvalue weighted by Gasteiger charge is -2.25. The van der Waals surface area contributed by atoms with Crippen molar-refractivity contribution in [3.8, 4) is 0 Å². The highest BCUT2D eigenvalue weighted by Crippen LogP contribution is 2.24. The number of hydrogen-bond acceptors (Lipinski definition) is 4. The van der Waals surface area contributed by atoms with Gasteiger partial charge in [0.25, 0.3) is 0 Å². The standard InChI is InChI=1S/C13H22N2S2/c1-3-14-9-13-8-12(11(2)17-13)10-15-4-6-16-7-5-15/h8,14H,3-7,9-10H2,1-2H3. The van der Waals surface area contributed by atoms with Gasteiger partial charge in [0, 0.05) is 47.4 Å². The van der Waals surface area contributed by atoms with Crippen molar-refractivity contribution >= 4 is 23.1 Å². The molecule has 0 atom stereocenters. The van der Waals surface area contributed by atoms with Gasteiger partial charge >= 0.3 is 0 Å². The number of hydrogen-bond donors (Lipinski definition) is 1. The fourth-order valence-corrected chi connectivity index (χ4v) is 4.08. The fraction of sp³-hybridized carbons (Fsp3) is 0.692. The van der Waals surface area contributed by atoms with Crippen molar-refractivity contribution in [3.63, 3.8) is 0 Å². The van der Waals surface area contributed by atoms with E-state index in [0.717, 1.165) is 19.6 Å². The Bertz CT molecular complexity index is 343.